The Hall–Kier alpha value is -3.38. The zero-order valence-corrected chi connectivity index (χ0v) is 18.1. The summed E-state index contributed by atoms with van der Waals surface area (Å²) < 4.78 is 5.66. The van der Waals surface area contributed by atoms with E-state index in [4.69, 9.17) is 4.74 Å². The van der Waals surface area contributed by atoms with Crippen LogP contribution in [0.4, 0.5) is 0 Å². The molecular formula is C25H29N3O3. The van der Waals surface area contributed by atoms with Crippen LogP contribution in [0.5, 0.6) is 5.75 Å². The fraction of sp³-hybridized carbons (Fsp3) is 0.280. The highest BCUT2D eigenvalue weighted by Crippen LogP contribution is 2.18. The van der Waals surface area contributed by atoms with E-state index in [-0.39, 0.29) is 24.8 Å². The molecule has 0 atom stereocenters. The number of rotatable bonds is 10. The Balaban J connectivity index is 1.40. The lowest BCUT2D eigenvalue weighted by atomic mass is 10.0. The average Bonchev–Trinajstić information content (AvgIpc) is 2.77. The minimum Gasteiger partial charge on any atom is -0.492 e. The van der Waals surface area contributed by atoms with Crippen LogP contribution >= 0.6 is 0 Å². The van der Waals surface area contributed by atoms with Gasteiger partial charge in [-0.25, -0.2) is 0 Å². The van der Waals surface area contributed by atoms with Crippen LogP contribution in [0.25, 0.3) is 10.8 Å². The van der Waals surface area contributed by atoms with E-state index in [1.807, 2.05) is 80.8 Å². The molecule has 0 aliphatic heterocycles. The standard InChI is InChI=1S/C25H29N3O3/c1-28(2)14-15-31-22-12-10-19(11-13-22)17-26-25(30)18-27-24(29)16-21-8-5-7-20-6-3-4-9-23(20)21/h3-13H,14-18H2,1-2H3,(H,26,30)(H,27,29). The molecule has 2 amide bonds. The number of fused-ring (bicyclic) bond motifs is 1. The molecule has 0 unspecified atom stereocenters. The van der Waals surface area contributed by atoms with Crippen molar-refractivity contribution in [1.29, 1.82) is 0 Å². The zero-order chi connectivity index (χ0) is 22.1. The van der Waals surface area contributed by atoms with E-state index in [9.17, 15) is 9.59 Å². The summed E-state index contributed by atoms with van der Waals surface area (Å²) in [4.78, 5) is 26.5. The number of likely N-dealkylation sites (N-methyl/N-ethyl adjacent to an activating group) is 1. The van der Waals surface area contributed by atoms with Crippen molar-refractivity contribution >= 4 is 22.6 Å². The highest BCUT2D eigenvalue weighted by Gasteiger charge is 2.09. The van der Waals surface area contributed by atoms with Crippen LogP contribution in [0.2, 0.25) is 0 Å². The predicted molar refractivity (Wildman–Crippen MR) is 123 cm³/mol. The topological polar surface area (TPSA) is 70.7 Å². The summed E-state index contributed by atoms with van der Waals surface area (Å²) in [6.07, 6.45) is 0.240. The number of carbonyl (C=O) groups is 2. The average molecular weight is 420 g/mol. The number of nitrogens with zero attached hydrogens (tertiary/aromatic N) is 1. The first-order chi connectivity index (χ1) is 15.0. The second kappa shape index (κ2) is 11.1. The summed E-state index contributed by atoms with van der Waals surface area (Å²) in [5, 5.41) is 7.67. The molecule has 0 saturated heterocycles. The van der Waals surface area contributed by atoms with E-state index in [0.29, 0.717) is 13.2 Å². The maximum atomic E-state index is 12.3. The Kier molecular flexibility index (Phi) is 8.01. The molecule has 0 spiro atoms. The molecule has 0 heterocycles. The van der Waals surface area contributed by atoms with Crippen LogP contribution in [-0.4, -0.2) is 50.5 Å². The number of amides is 2. The molecule has 0 aliphatic carbocycles. The van der Waals surface area contributed by atoms with Gasteiger partial charge in [-0.2, -0.15) is 0 Å². The molecule has 0 saturated carbocycles. The first-order valence-electron chi connectivity index (χ1n) is 10.4. The van der Waals surface area contributed by atoms with Crippen molar-refractivity contribution in [2.75, 3.05) is 33.8 Å². The lowest BCUT2D eigenvalue weighted by molar-refractivity contribution is -0.125. The molecule has 3 aromatic rings. The fourth-order valence-corrected chi connectivity index (χ4v) is 3.17. The summed E-state index contributed by atoms with van der Waals surface area (Å²) in [6.45, 7) is 1.83. The summed E-state index contributed by atoms with van der Waals surface area (Å²) >= 11 is 0. The van der Waals surface area contributed by atoms with Gasteiger partial charge in [-0.15, -0.1) is 0 Å². The Bertz CT molecular complexity index is 1010. The molecule has 0 fully saturated rings. The maximum Gasteiger partial charge on any atom is 0.239 e. The summed E-state index contributed by atoms with van der Waals surface area (Å²) in [5.41, 5.74) is 1.92. The van der Waals surface area contributed by atoms with Crippen LogP contribution < -0.4 is 15.4 Å². The van der Waals surface area contributed by atoms with Gasteiger partial charge in [0.15, 0.2) is 0 Å². The molecule has 31 heavy (non-hydrogen) atoms. The van der Waals surface area contributed by atoms with Gasteiger partial charge in [-0.3, -0.25) is 9.59 Å². The van der Waals surface area contributed by atoms with E-state index in [1.165, 1.54) is 0 Å². The predicted octanol–water partition coefficient (Wildman–Crippen LogP) is 2.76. The monoisotopic (exact) mass is 419 g/mol. The van der Waals surface area contributed by atoms with Crippen molar-refractivity contribution in [3.8, 4) is 5.75 Å². The second-order valence-electron chi connectivity index (χ2n) is 7.66. The van der Waals surface area contributed by atoms with Crippen molar-refractivity contribution in [2.24, 2.45) is 0 Å². The van der Waals surface area contributed by atoms with Crippen molar-refractivity contribution in [3.63, 3.8) is 0 Å². The first kappa shape index (κ1) is 22.3. The first-order valence-corrected chi connectivity index (χ1v) is 10.4. The van der Waals surface area contributed by atoms with E-state index >= 15 is 0 Å². The SMILES string of the molecule is CN(C)CCOc1ccc(CNC(=O)CNC(=O)Cc2cccc3ccccc23)cc1. The third-order valence-corrected chi connectivity index (χ3v) is 4.90. The van der Waals surface area contributed by atoms with Crippen molar-refractivity contribution in [3.05, 3.63) is 77.9 Å². The molecule has 0 aromatic heterocycles. The van der Waals surface area contributed by atoms with Crippen molar-refractivity contribution in [1.82, 2.24) is 15.5 Å². The number of hydrogen-bond acceptors (Lipinski definition) is 4. The lowest BCUT2D eigenvalue weighted by Gasteiger charge is -2.11. The Morgan fingerprint density at radius 2 is 1.61 bits per heavy atom. The largest absolute Gasteiger partial charge is 0.492 e. The van der Waals surface area contributed by atoms with Gasteiger partial charge in [0.25, 0.3) is 0 Å². The third-order valence-electron chi connectivity index (χ3n) is 4.90. The van der Waals surface area contributed by atoms with E-state index in [1.54, 1.807) is 0 Å². The van der Waals surface area contributed by atoms with Crippen LogP contribution in [0, 0.1) is 0 Å². The Labute approximate surface area is 183 Å². The van der Waals surface area contributed by atoms with Gasteiger partial charge in [-0.05, 0) is 48.1 Å². The van der Waals surface area contributed by atoms with Crippen molar-refractivity contribution < 1.29 is 14.3 Å². The normalized spacial score (nSPS) is 10.8. The van der Waals surface area contributed by atoms with Gasteiger partial charge < -0.3 is 20.3 Å². The molecule has 3 aromatic carbocycles. The summed E-state index contributed by atoms with van der Waals surface area (Å²) in [5.74, 6) is 0.404. The van der Waals surface area contributed by atoms with E-state index < -0.39 is 0 Å². The van der Waals surface area contributed by atoms with Crippen LogP contribution in [0.15, 0.2) is 66.7 Å². The van der Waals surface area contributed by atoms with E-state index in [2.05, 4.69) is 15.5 Å². The lowest BCUT2D eigenvalue weighted by Crippen LogP contribution is -2.37. The fourth-order valence-electron chi connectivity index (χ4n) is 3.17. The third kappa shape index (κ3) is 7.12. The minimum absolute atomic E-state index is 0.0463. The molecule has 2 N–H and O–H groups in total. The minimum atomic E-state index is -0.224. The summed E-state index contributed by atoms with van der Waals surface area (Å²) in [6, 6.07) is 21.5. The number of nitrogens with one attached hydrogen (secondary N) is 2. The summed E-state index contributed by atoms with van der Waals surface area (Å²) in [7, 11) is 4.00. The molecular weight excluding hydrogens is 390 g/mol. The van der Waals surface area contributed by atoms with Gasteiger partial charge >= 0.3 is 0 Å². The van der Waals surface area contributed by atoms with Gasteiger partial charge in [0.05, 0.1) is 13.0 Å². The van der Waals surface area contributed by atoms with Gasteiger partial charge in [0, 0.05) is 13.1 Å². The molecule has 0 radical (unpaired) electrons. The molecule has 0 bridgehead atoms. The van der Waals surface area contributed by atoms with Gasteiger partial charge in [0.1, 0.15) is 12.4 Å². The Morgan fingerprint density at radius 1 is 0.871 bits per heavy atom. The Morgan fingerprint density at radius 3 is 2.39 bits per heavy atom. The molecule has 162 valence electrons. The quantitative estimate of drug-likeness (QED) is 0.530. The highest BCUT2D eigenvalue weighted by atomic mass is 16.5. The van der Waals surface area contributed by atoms with Gasteiger partial charge in [-0.1, -0.05) is 54.6 Å². The highest BCUT2D eigenvalue weighted by molar-refractivity contribution is 5.91. The molecule has 3 rings (SSSR count). The van der Waals surface area contributed by atoms with Crippen LogP contribution in [-0.2, 0) is 22.6 Å². The van der Waals surface area contributed by atoms with E-state index in [0.717, 1.165) is 34.2 Å². The van der Waals surface area contributed by atoms with Crippen molar-refractivity contribution in [2.45, 2.75) is 13.0 Å². The maximum absolute atomic E-state index is 12.3. The molecule has 0 aliphatic rings. The number of hydrogen-bond donors (Lipinski definition) is 2. The van der Waals surface area contributed by atoms with Crippen LogP contribution in [0.1, 0.15) is 11.1 Å². The molecule has 6 nitrogen and oxygen atoms in total. The second-order valence-corrected chi connectivity index (χ2v) is 7.66. The number of carbonyl (C=O) groups excluding carboxylic acids is 2. The number of benzene rings is 3. The van der Waals surface area contributed by atoms with Gasteiger partial charge in [0.2, 0.25) is 11.8 Å². The number of ether oxygens (including phenoxy) is 1. The smallest absolute Gasteiger partial charge is 0.239 e. The molecule has 6 heteroatoms. The zero-order valence-electron chi connectivity index (χ0n) is 18.1. The van der Waals surface area contributed by atoms with Crippen LogP contribution in [0.3, 0.4) is 0 Å².